The summed E-state index contributed by atoms with van der Waals surface area (Å²) in [6, 6.07) is 0. The molecule has 0 amide bonds. The van der Waals surface area contributed by atoms with Crippen molar-refractivity contribution in [2.45, 2.75) is 13.8 Å². The van der Waals surface area contributed by atoms with E-state index in [9.17, 15) is 9.59 Å². The quantitative estimate of drug-likeness (QED) is 0.740. The molecule has 16 heavy (non-hydrogen) atoms. The molecule has 0 aliphatic carbocycles. The van der Waals surface area contributed by atoms with Crippen LogP contribution in [0.2, 0.25) is 0 Å². The number of H-pyrrole nitrogens is 2. The van der Waals surface area contributed by atoms with E-state index in [2.05, 4.69) is 19.9 Å². The zero-order chi connectivity index (χ0) is 12.0. The summed E-state index contributed by atoms with van der Waals surface area (Å²) in [5, 5.41) is 0. The van der Waals surface area contributed by atoms with Crippen molar-refractivity contribution in [2.75, 3.05) is 0 Å². The molecular weight excluding hydrogens is 208 g/mol. The molecule has 2 heterocycles. The van der Waals surface area contributed by atoms with Crippen molar-refractivity contribution >= 4 is 12.6 Å². The Kier molecular flexibility index (Phi) is 4.14. The highest BCUT2D eigenvalue weighted by Gasteiger charge is 1.94. The van der Waals surface area contributed by atoms with E-state index in [0.717, 1.165) is 24.0 Å². The Morgan fingerprint density at radius 1 is 0.938 bits per heavy atom. The molecule has 0 unspecified atom stereocenters. The maximum Gasteiger partial charge on any atom is 0.170 e. The van der Waals surface area contributed by atoms with Crippen LogP contribution in [0.4, 0.5) is 0 Å². The summed E-state index contributed by atoms with van der Waals surface area (Å²) in [4.78, 5) is 33.0. The van der Waals surface area contributed by atoms with Gasteiger partial charge in [-0.2, -0.15) is 0 Å². The minimum Gasteiger partial charge on any atom is -0.348 e. The Hall–Kier alpha value is -2.24. The minimum atomic E-state index is 0.491. The molecular formula is C10H12N4O2. The Morgan fingerprint density at radius 2 is 1.31 bits per heavy atom. The van der Waals surface area contributed by atoms with Gasteiger partial charge in [-0.05, 0) is 13.8 Å². The van der Waals surface area contributed by atoms with E-state index in [4.69, 9.17) is 0 Å². The maximum absolute atomic E-state index is 10.0. The SMILES string of the molecule is Cc1[nH]cnc1C=O.Cc1[nH]cnc1C=O. The number of aryl methyl sites for hydroxylation is 2. The lowest BCUT2D eigenvalue weighted by molar-refractivity contribution is 0.111. The lowest BCUT2D eigenvalue weighted by Crippen LogP contribution is -1.80. The molecule has 2 rings (SSSR count). The fourth-order valence-corrected chi connectivity index (χ4v) is 0.976. The van der Waals surface area contributed by atoms with Gasteiger partial charge in [-0.25, -0.2) is 9.97 Å². The second-order valence-corrected chi connectivity index (χ2v) is 3.06. The number of rotatable bonds is 2. The fraction of sp³-hybridized carbons (Fsp3) is 0.200. The first-order valence-corrected chi connectivity index (χ1v) is 4.59. The first-order valence-electron chi connectivity index (χ1n) is 4.59. The van der Waals surface area contributed by atoms with Gasteiger partial charge in [0.2, 0.25) is 0 Å². The van der Waals surface area contributed by atoms with Crippen LogP contribution in [0, 0.1) is 13.8 Å². The number of nitrogens with zero attached hydrogens (tertiary/aromatic N) is 2. The number of carbonyl (C=O) groups is 2. The smallest absolute Gasteiger partial charge is 0.170 e. The number of carbonyl (C=O) groups excluding carboxylic acids is 2. The van der Waals surface area contributed by atoms with Crippen LogP contribution in [0.5, 0.6) is 0 Å². The normalized spacial score (nSPS) is 9.12. The van der Waals surface area contributed by atoms with Gasteiger partial charge in [0.1, 0.15) is 11.4 Å². The van der Waals surface area contributed by atoms with Crippen LogP contribution in [0.25, 0.3) is 0 Å². The first kappa shape index (κ1) is 11.8. The molecule has 0 saturated heterocycles. The van der Waals surface area contributed by atoms with E-state index in [1.54, 1.807) is 13.8 Å². The van der Waals surface area contributed by atoms with Gasteiger partial charge in [0.15, 0.2) is 12.6 Å². The van der Waals surface area contributed by atoms with Crippen LogP contribution < -0.4 is 0 Å². The highest BCUT2D eigenvalue weighted by molar-refractivity contribution is 5.73. The Bertz CT molecular complexity index is 428. The summed E-state index contributed by atoms with van der Waals surface area (Å²) in [5.41, 5.74) is 2.62. The molecule has 0 aliphatic heterocycles. The molecule has 0 aliphatic rings. The van der Waals surface area contributed by atoms with E-state index in [1.807, 2.05) is 0 Å². The number of hydrogen-bond acceptors (Lipinski definition) is 4. The molecule has 0 atom stereocenters. The van der Waals surface area contributed by atoms with E-state index >= 15 is 0 Å². The second kappa shape index (κ2) is 5.59. The summed E-state index contributed by atoms with van der Waals surface area (Å²) >= 11 is 0. The van der Waals surface area contributed by atoms with Gasteiger partial charge in [0.05, 0.1) is 12.7 Å². The van der Waals surface area contributed by atoms with Crippen LogP contribution in [-0.4, -0.2) is 32.5 Å². The van der Waals surface area contributed by atoms with Gasteiger partial charge in [-0.15, -0.1) is 0 Å². The second-order valence-electron chi connectivity index (χ2n) is 3.06. The molecule has 0 saturated carbocycles. The average Bonchev–Trinajstić information content (AvgIpc) is 2.87. The van der Waals surface area contributed by atoms with Gasteiger partial charge in [0.25, 0.3) is 0 Å². The standard InChI is InChI=1S/2C5H6N2O/c2*1-4-5(2-8)7-3-6-4/h2*2-3H,1H3,(H,6,7). The number of aromatic amines is 2. The van der Waals surface area contributed by atoms with Crippen molar-refractivity contribution in [3.8, 4) is 0 Å². The van der Waals surface area contributed by atoms with E-state index < -0.39 is 0 Å². The van der Waals surface area contributed by atoms with Crippen LogP contribution in [0.3, 0.4) is 0 Å². The molecule has 2 N–H and O–H groups in total. The van der Waals surface area contributed by atoms with Crippen molar-refractivity contribution in [3.05, 3.63) is 35.4 Å². The predicted molar refractivity (Wildman–Crippen MR) is 57.4 cm³/mol. The van der Waals surface area contributed by atoms with Crippen LogP contribution >= 0.6 is 0 Å². The average molecular weight is 220 g/mol. The number of aldehydes is 2. The summed E-state index contributed by atoms with van der Waals surface area (Å²) in [6.45, 7) is 3.60. The van der Waals surface area contributed by atoms with E-state index in [-0.39, 0.29) is 0 Å². The zero-order valence-electron chi connectivity index (χ0n) is 9.02. The summed E-state index contributed by atoms with van der Waals surface area (Å²) < 4.78 is 0. The molecule has 0 bridgehead atoms. The van der Waals surface area contributed by atoms with Gasteiger partial charge >= 0.3 is 0 Å². The third kappa shape index (κ3) is 2.88. The van der Waals surface area contributed by atoms with Crippen molar-refractivity contribution < 1.29 is 9.59 Å². The molecule has 0 fully saturated rings. The molecule has 0 spiro atoms. The van der Waals surface area contributed by atoms with Crippen LogP contribution in [-0.2, 0) is 0 Å². The molecule has 6 heteroatoms. The molecule has 0 aromatic carbocycles. The predicted octanol–water partition coefficient (Wildman–Crippen LogP) is 1.06. The highest BCUT2D eigenvalue weighted by Crippen LogP contribution is 1.94. The van der Waals surface area contributed by atoms with Crippen molar-refractivity contribution in [2.24, 2.45) is 0 Å². The number of imidazole rings is 2. The topological polar surface area (TPSA) is 91.5 Å². The molecule has 2 aromatic heterocycles. The van der Waals surface area contributed by atoms with Crippen molar-refractivity contribution in [1.82, 2.24) is 19.9 Å². The highest BCUT2D eigenvalue weighted by atomic mass is 16.1. The van der Waals surface area contributed by atoms with Gasteiger partial charge in [0, 0.05) is 11.4 Å². The first-order chi connectivity index (χ1) is 7.69. The van der Waals surface area contributed by atoms with Crippen molar-refractivity contribution in [3.63, 3.8) is 0 Å². The monoisotopic (exact) mass is 220 g/mol. The van der Waals surface area contributed by atoms with E-state index in [1.165, 1.54) is 12.7 Å². The zero-order valence-corrected chi connectivity index (χ0v) is 9.02. The largest absolute Gasteiger partial charge is 0.348 e. The molecule has 84 valence electrons. The summed E-state index contributed by atoms with van der Waals surface area (Å²) in [6.07, 6.45) is 4.45. The lowest BCUT2D eigenvalue weighted by atomic mass is 10.4. The fourth-order valence-electron chi connectivity index (χ4n) is 0.976. The maximum atomic E-state index is 10.0. The van der Waals surface area contributed by atoms with Gasteiger partial charge in [-0.1, -0.05) is 0 Å². The third-order valence-corrected chi connectivity index (χ3v) is 1.96. The lowest BCUT2D eigenvalue weighted by Gasteiger charge is -1.78. The summed E-state index contributed by atoms with van der Waals surface area (Å²) in [5.74, 6) is 0. The Balaban J connectivity index is 0.000000160. The number of nitrogens with one attached hydrogen (secondary N) is 2. The molecule has 6 nitrogen and oxygen atoms in total. The third-order valence-electron chi connectivity index (χ3n) is 1.96. The number of hydrogen-bond donors (Lipinski definition) is 2. The van der Waals surface area contributed by atoms with Gasteiger partial charge in [-0.3, -0.25) is 9.59 Å². The minimum absolute atomic E-state index is 0.491. The number of aromatic nitrogens is 4. The van der Waals surface area contributed by atoms with Crippen molar-refractivity contribution in [1.29, 1.82) is 0 Å². The summed E-state index contributed by atoms with van der Waals surface area (Å²) in [7, 11) is 0. The molecule has 0 radical (unpaired) electrons. The van der Waals surface area contributed by atoms with Crippen LogP contribution in [0.1, 0.15) is 32.4 Å². The molecule has 2 aromatic rings. The Labute approximate surface area is 92.1 Å². The van der Waals surface area contributed by atoms with Crippen LogP contribution in [0.15, 0.2) is 12.7 Å². The van der Waals surface area contributed by atoms with Gasteiger partial charge < -0.3 is 9.97 Å². The van der Waals surface area contributed by atoms with E-state index in [0.29, 0.717) is 11.4 Å². The Morgan fingerprint density at radius 3 is 1.44 bits per heavy atom.